The van der Waals surface area contributed by atoms with Gasteiger partial charge in [0.1, 0.15) is 5.82 Å². The Bertz CT molecular complexity index is 878. The van der Waals surface area contributed by atoms with Crippen molar-refractivity contribution in [2.24, 2.45) is 4.99 Å². The molecule has 0 spiro atoms. The van der Waals surface area contributed by atoms with Crippen LogP contribution in [0.5, 0.6) is 0 Å². The number of rotatable bonds is 3. The van der Waals surface area contributed by atoms with Crippen LogP contribution in [0.4, 0.5) is 15.8 Å². The smallest absolute Gasteiger partial charge is 0.206 e. The number of aliphatic hydroxyl groups is 1. The van der Waals surface area contributed by atoms with Gasteiger partial charge in [0.15, 0.2) is 6.23 Å². The van der Waals surface area contributed by atoms with Gasteiger partial charge in [-0.2, -0.15) is 0 Å². The van der Waals surface area contributed by atoms with Crippen molar-refractivity contribution in [3.63, 3.8) is 0 Å². The van der Waals surface area contributed by atoms with Crippen molar-refractivity contribution in [1.29, 1.82) is 0 Å². The van der Waals surface area contributed by atoms with Gasteiger partial charge in [-0.05, 0) is 56.0 Å². The highest BCUT2D eigenvalue weighted by Crippen LogP contribution is 2.38. The number of aliphatic hydroxyl groups excluding tert-OH is 1. The number of nitrogens with one attached hydrogen (secondary N) is 1. The Kier molecular flexibility index (Phi) is 4.49. The number of benzene rings is 1. The van der Waals surface area contributed by atoms with E-state index >= 15 is 0 Å². The van der Waals surface area contributed by atoms with Crippen molar-refractivity contribution in [3.8, 4) is 0 Å². The molecule has 2 aliphatic heterocycles. The van der Waals surface area contributed by atoms with Crippen LogP contribution in [0.25, 0.3) is 0 Å². The average Bonchev–Trinajstić information content (AvgIpc) is 3.55. The maximum absolute atomic E-state index is 13.8. The van der Waals surface area contributed by atoms with Crippen molar-refractivity contribution >= 4 is 17.3 Å². The molecule has 146 valence electrons. The number of anilines is 1. The summed E-state index contributed by atoms with van der Waals surface area (Å²) in [6.45, 7) is 2.05. The summed E-state index contributed by atoms with van der Waals surface area (Å²) < 4.78 is 13.8. The van der Waals surface area contributed by atoms with Gasteiger partial charge in [0.25, 0.3) is 0 Å². The molecule has 0 radical (unpaired) electrons. The van der Waals surface area contributed by atoms with E-state index in [1.807, 2.05) is 17.0 Å². The lowest BCUT2D eigenvalue weighted by Crippen LogP contribution is -2.52. The summed E-state index contributed by atoms with van der Waals surface area (Å²) in [6, 6.07) is 9.04. The summed E-state index contributed by atoms with van der Waals surface area (Å²) in [7, 11) is 0. The lowest BCUT2D eigenvalue weighted by molar-refractivity contribution is 0.00368. The topological polar surface area (TPSA) is 64.0 Å². The van der Waals surface area contributed by atoms with Crippen molar-refractivity contribution in [2.75, 3.05) is 18.4 Å². The second-order valence-corrected chi connectivity index (χ2v) is 7.78. The number of hydrogen-bond acceptors (Lipinski definition) is 6. The van der Waals surface area contributed by atoms with Crippen LogP contribution in [0.1, 0.15) is 37.5 Å². The van der Waals surface area contributed by atoms with E-state index < -0.39 is 6.23 Å². The molecular formula is C21H24FN5O. The molecule has 28 heavy (non-hydrogen) atoms. The molecule has 1 atom stereocenters. The molecule has 1 saturated carbocycles. The molecule has 7 heteroatoms. The monoisotopic (exact) mass is 381 g/mol. The number of guanidine groups is 1. The molecule has 1 aromatic carbocycles. The number of piperidine rings is 1. The van der Waals surface area contributed by atoms with Crippen LogP contribution in [0.2, 0.25) is 0 Å². The first-order valence-electron chi connectivity index (χ1n) is 9.95. The van der Waals surface area contributed by atoms with E-state index in [0.717, 1.165) is 37.7 Å². The SMILES string of the molecule is OC1c2cc(F)ccc2N=C(Nc2cccnc2)N1C1CCN(C2CC2)CC1. The van der Waals surface area contributed by atoms with Gasteiger partial charge in [-0.15, -0.1) is 0 Å². The van der Waals surface area contributed by atoms with Crippen LogP contribution in [0, 0.1) is 5.82 Å². The summed E-state index contributed by atoms with van der Waals surface area (Å²) in [5, 5.41) is 14.4. The van der Waals surface area contributed by atoms with Gasteiger partial charge in [-0.25, -0.2) is 9.38 Å². The molecule has 2 N–H and O–H groups in total. The third-order valence-electron chi connectivity index (χ3n) is 5.88. The van der Waals surface area contributed by atoms with Crippen molar-refractivity contribution < 1.29 is 9.50 Å². The van der Waals surface area contributed by atoms with Crippen LogP contribution in [0.15, 0.2) is 47.7 Å². The second kappa shape index (κ2) is 7.14. The van der Waals surface area contributed by atoms with Gasteiger partial charge >= 0.3 is 0 Å². The van der Waals surface area contributed by atoms with E-state index in [9.17, 15) is 9.50 Å². The molecule has 1 unspecified atom stereocenters. The molecule has 5 rings (SSSR count). The minimum absolute atomic E-state index is 0.143. The molecule has 0 amide bonds. The summed E-state index contributed by atoms with van der Waals surface area (Å²) >= 11 is 0. The first kappa shape index (κ1) is 17.6. The zero-order chi connectivity index (χ0) is 19.1. The Labute approximate surface area is 163 Å². The number of pyridine rings is 1. The summed E-state index contributed by atoms with van der Waals surface area (Å²) in [5.74, 6) is 0.227. The minimum Gasteiger partial charge on any atom is -0.369 e. The Morgan fingerprint density at radius 3 is 2.61 bits per heavy atom. The number of aliphatic imine (C=N–C) groups is 1. The maximum atomic E-state index is 13.8. The molecular weight excluding hydrogens is 357 g/mol. The average molecular weight is 381 g/mol. The van der Waals surface area contributed by atoms with E-state index in [-0.39, 0.29) is 11.9 Å². The fraction of sp³-hybridized carbons (Fsp3) is 0.429. The highest BCUT2D eigenvalue weighted by atomic mass is 19.1. The van der Waals surface area contributed by atoms with Crippen LogP contribution >= 0.6 is 0 Å². The lowest BCUT2D eigenvalue weighted by Gasteiger charge is -2.44. The molecule has 2 aromatic rings. The summed E-state index contributed by atoms with van der Waals surface area (Å²) in [6.07, 6.45) is 7.02. The van der Waals surface area contributed by atoms with Gasteiger partial charge in [0.05, 0.1) is 17.6 Å². The fourth-order valence-corrected chi connectivity index (χ4v) is 4.27. The largest absolute Gasteiger partial charge is 0.369 e. The van der Waals surface area contributed by atoms with Crippen LogP contribution in [-0.2, 0) is 0 Å². The first-order chi connectivity index (χ1) is 13.7. The van der Waals surface area contributed by atoms with Crippen LogP contribution in [-0.4, -0.2) is 51.0 Å². The minimum atomic E-state index is -0.931. The van der Waals surface area contributed by atoms with E-state index in [2.05, 4.69) is 15.2 Å². The highest BCUT2D eigenvalue weighted by molar-refractivity contribution is 5.97. The standard InChI is InChI=1S/C21H24FN5O/c22-14-3-6-19-18(12-14)20(28)27(17-7-10-26(11-8-17)16-4-5-16)21(25-19)24-15-2-1-9-23-13-15/h1-3,6,9,12-13,16-17,20,28H,4-5,7-8,10-11H2,(H,24,25). The Hall–Kier alpha value is -2.51. The van der Waals surface area contributed by atoms with E-state index in [1.54, 1.807) is 18.5 Å². The molecule has 1 aromatic heterocycles. The van der Waals surface area contributed by atoms with Gasteiger partial charge in [0.2, 0.25) is 5.96 Å². The molecule has 3 heterocycles. The Morgan fingerprint density at radius 1 is 1.07 bits per heavy atom. The number of nitrogens with zero attached hydrogens (tertiary/aromatic N) is 4. The fourth-order valence-electron chi connectivity index (χ4n) is 4.27. The number of hydrogen-bond donors (Lipinski definition) is 2. The number of halogens is 1. The zero-order valence-electron chi connectivity index (χ0n) is 15.6. The number of fused-ring (bicyclic) bond motifs is 1. The maximum Gasteiger partial charge on any atom is 0.206 e. The predicted molar refractivity (Wildman–Crippen MR) is 106 cm³/mol. The van der Waals surface area contributed by atoms with Crippen LogP contribution in [0.3, 0.4) is 0 Å². The van der Waals surface area contributed by atoms with E-state index in [1.165, 1.54) is 25.0 Å². The molecule has 1 aliphatic carbocycles. The molecule has 6 nitrogen and oxygen atoms in total. The quantitative estimate of drug-likeness (QED) is 0.855. The van der Waals surface area contributed by atoms with Gasteiger partial charge in [-0.1, -0.05) is 0 Å². The van der Waals surface area contributed by atoms with Crippen molar-refractivity contribution in [3.05, 3.63) is 54.1 Å². The third kappa shape index (κ3) is 3.36. The third-order valence-corrected chi connectivity index (χ3v) is 5.88. The Balaban J connectivity index is 1.45. The van der Waals surface area contributed by atoms with Gasteiger partial charge < -0.3 is 20.2 Å². The summed E-state index contributed by atoms with van der Waals surface area (Å²) in [4.78, 5) is 13.3. The van der Waals surface area contributed by atoms with Gasteiger partial charge in [0, 0.05) is 36.9 Å². The predicted octanol–water partition coefficient (Wildman–Crippen LogP) is 3.25. The Morgan fingerprint density at radius 2 is 1.89 bits per heavy atom. The zero-order valence-corrected chi connectivity index (χ0v) is 15.6. The molecule has 3 aliphatic rings. The van der Waals surface area contributed by atoms with E-state index in [4.69, 9.17) is 4.99 Å². The normalized spacial score (nSPS) is 23.3. The number of likely N-dealkylation sites (tertiary alicyclic amines) is 1. The van der Waals surface area contributed by atoms with Crippen molar-refractivity contribution in [2.45, 2.75) is 44.0 Å². The summed E-state index contributed by atoms with van der Waals surface area (Å²) in [5.41, 5.74) is 1.91. The lowest BCUT2D eigenvalue weighted by atomic mass is 10.00. The number of aromatic nitrogens is 1. The molecule has 0 bridgehead atoms. The molecule has 2 fully saturated rings. The van der Waals surface area contributed by atoms with Crippen LogP contribution < -0.4 is 5.32 Å². The van der Waals surface area contributed by atoms with E-state index in [0.29, 0.717) is 17.2 Å². The first-order valence-corrected chi connectivity index (χ1v) is 9.95. The highest BCUT2D eigenvalue weighted by Gasteiger charge is 2.38. The second-order valence-electron chi connectivity index (χ2n) is 7.78. The molecule has 1 saturated heterocycles. The van der Waals surface area contributed by atoms with Crippen molar-refractivity contribution in [1.82, 2.24) is 14.8 Å². The van der Waals surface area contributed by atoms with Gasteiger partial charge in [-0.3, -0.25) is 4.98 Å².